The normalized spacial score (nSPS) is 10.5. The van der Waals surface area contributed by atoms with Gasteiger partial charge < -0.3 is 10.2 Å². The molecule has 0 bridgehead atoms. The monoisotopic (exact) mass is 294 g/mol. The van der Waals surface area contributed by atoms with Crippen molar-refractivity contribution in [2.24, 2.45) is 0 Å². The first-order chi connectivity index (χ1) is 9.11. The molecule has 2 aromatic rings. The molecule has 19 heavy (non-hydrogen) atoms. The SMILES string of the molecule is CCc1ccc(CNc2cccc(Cl)c2N(C)C)s1. The Morgan fingerprint density at radius 1 is 1.16 bits per heavy atom. The van der Waals surface area contributed by atoms with Crippen LogP contribution in [0.1, 0.15) is 16.7 Å². The second-order valence-electron chi connectivity index (χ2n) is 4.61. The van der Waals surface area contributed by atoms with Gasteiger partial charge in [-0.15, -0.1) is 11.3 Å². The zero-order chi connectivity index (χ0) is 13.8. The fourth-order valence-corrected chi connectivity index (χ4v) is 3.24. The van der Waals surface area contributed by atoms with Crippen LogP contribution in [-0.2, 0) is 13.0 Å². The van der Waals surface area contributed by atoms with Gasteiger partial charge in [0.05, 0.1) is 16.4 Å². The molecule has 0 amide bonds. The van der Waals surface area contributed by atoms with E-state index in [0.717, 1.165) is 29.4 Å². The number of nitrogens with one attached hydrogen (secondary N) is 1. The quantitative estimate of drug-likeness (QED) is 0.864. The van der Waals surface area contributed by atoms with Gasteiger partial charge in [0, 0.05) is 30.4 Å². The number of aryl methyl sites for hydroxylation is 1. The number of para-hydroxylation sites is 1. The van der Waals surface area contributed by atoms with Gasteiger partial charge in [-0.3, -0.25) is 0 Å². The summed E-state index contributed by atoms with van der Waals surface area (Å²) in [6, 6.07) is 10.4. The highest BCUT2D eigenvalue weighted by atomic mass is 35.5. The Morgan fingerprint density at radius 3 is 2.53 bits per heavy atom. The molecule has 1 aromatic heterocycles. The summed E-state index contributed by atoms with van der Waals surface area (Å²) in [5, 5.41) is 4.25. The second kappa shape index (κ2) is 6.31. The van der Waals surface area contributed by atoms with E-state index < -0.39 is 0 Å². The number of nitrogens with zero attached hydrogens (tertiary/aromatic N) is 1. The van der Waals surface area contributed by atoms with E-state index in [2.05, 4.69) is 30.4 Å². The summed E-state index contributed by atoms with van der Waals surface area (Å²) < 4.78 is 0. The summed E-state index contributed by atoms with van der Waals surface area (Å²) in [6.45, 7) is 3.02. The summed E-state index contributed by atoms with van der Waals surface area (Å²) in [5.74, 6) is 0. The average molecular weight is 295 g/mol. The molecule has 102 valence electrons. The van der Waals surface area contributed by atoms with Crippen molar-refractivity contribution >= 4 is 34.3 Å². The minimum Gasteiger partial charge on any atom is -0.378 e. The van der Waals surface area contributed by atoms with Gasteiger partial charge in [-0.2, -0.15) is 0 Å². The molecule has 1 N–H and O–H groups in total. The summed E-state index contributed by atoms with van der Waals surface area (Å²) in [7, 11) is 4.01. The first-order valence-corrected chi connectivity index (χ1v) is 7.58. The molecule has 0 saturated heterocycles. The van der Waals surface area contributed by atoms with Crippen molar-refractivity contribution in [3.63, 3.8) is 0 Å². The lowest BCUT2D eigenvalue weighted by molar-refractivity contribution is 1.11. The summed E-state index contributed by atoms with van der Waals surface area (Å²) in [4.78, 5) is 4.81. The van der Waals surface area contributed by atoms with Gasteiger partial charge in [-0.1, -0.05) is 24.6 Å². The van der Waals surface area contributed by atoms with Crippen LogP contribution in [0.2, 0.25) is 5.02 Å². The summed E-state index contributed by atoms with van der Waals surface area (Å²) in [6.07, 6.45) is 1.10. The Hall–Kier alpha value is -1.19. The van der Waals surface area contributed by atoms with Gasteiger partial charge >= 0.3 is 0 Å². The van der Waals surface area contributed by atoms with Crippen molar-refractivity contribution in [1.29, 1.82) is 0 Å². The largest absolute Gasteiger partial charge is 0.378 e. The highest BCUT2D eigenvalue weighted by Crippen LogP contribution is 2.33. The van der Waals surface area contributed by atoms with Crippen LogP contribution in [-0.4, -0.2) is 14.1 Å². The Bertz CT molecular complexity index is 549. The fraction of sp³-hybridized carbons (Fsp3) is 0.333. The lowest BCUT2D eigenvalue weighted by Gasteiger charge is -2.19. The van der Waals surface area contributed by atoms with E-state index in [4.69, 9.17) is 11.6 Å². The van der Waals surface area contributed by atoms with Crippen LogP contribution in [0.5, 0.6) is 0 Å². The van der Waals surface area contributed by atoms with Gasteiger partial charge in [0.15, 0.2) is 0 Å². The van der Waals surface area contributed by atoms with Crippen LogP contribution in [0.4, 0.5) is 11.4 Å². The molecule has 0 aliphatic carbocycles. The number of benzene rings is 1. The molecule has 0 spiro atoms. The predicted molar refractivity (Wildman–Crippen MR) is 86.8 cm³/mol. The van der Waals surface area contributed by atoms with E-state index in [1.54, 1.807) is 0 Å². The Labute approximate surface area is 124 Å². The molecule has 0 radical (unpaired) electrons. The maximum Gasteiger partial charge on any atom is 0.0786 e. The van der Waals surface area contributed by atoms with Crippen molar-refractivity contribution in [3.8, 4) is 0 Å². The van der Waals surface area contributed by atoms with Crippen LogP contribution in [0.25, 0.3) is 0 Å². The second-order valence-corrected chi connectivity index (χ2v) is 6.27. The first-order valence-electron chi connectivity index (χ1n) is 6.39. The molecule has 0 atom stereocenters. The number of halogens is 1. The predicted octanol–water partition coefficient (Wildman–Crippen LogP) is 4.64. The molecule has 4 heteroatoms. The molecule has 0 unspecified atom stereocenters. The molecule has 0 saturated carbocycles. The number of rotatable bonds is 5. The van der Waals surface area contributed by atoms with E-state index in [1.165, 1.54) is 9.75 Å². The maximum absolute atomic E-state index is 6.25. The molecule has 0 fully saturated rings. The molecule has 2 nitrogen and oxygen atoms in total. The zero-order valence-corrected chi connectivity index (χ0v) is 13.1. The van der Waals surface area contributed by atoms with Gasteiger partial charge in [0.1, 0.15) is 0 Å². The minimum absolute atomic E-state index is 0.774. The van der Waals surface area contributed by atoms with Crippen molar-refractivity contribution in [2.75, 3.05) is 24.3 Å². The first kappa shape index (κ1) is 14.2. The van der Waals surface area contributed by atoms with Crippen molar-refractivity contribution in [1.82, 2.24) is 0 Å². The number of thiophene rings is 1. The Kier molecular flexibility index (Phi) is 4.72. The molecule has 0 aliphatic rings. The van der Waals surface area contributed by atoms with Crippen molar-refractivity contribution in [3.05, 3.63) is 45.1 Å². The van der Waals surface area contributed by atoms with Crippen LogP contribution in [0, 0.1) is 0 Å². The maximum atomic E-state index is 6.25. The minimum atomic E-state index is 0.774. The van der Waals surface area contributed by atoms with E-state index in [-0.39, 0.29) is 0 Å². The third kappa shape index (κ3) is 3.43. The third-order valence-corrected chi connectivity index (χ3v) is 4.49. The van der Waals surface area contributed by atoms with E-state index in [9.17, 15) is 0 Å². The van der Waals surface area contributed by atoms with Crippen LogP contribution >= 0.6 is 22.9 Å². The van der Waals surface area contributed by atoms with Crippen molar-refractivity contribution in [2.45, 2.75) is 19.9 Å². The lowest BCUT2D eigenvalue weighted by atomic mass is 10.2. The van der Waals surface area contributed by atoms with E-state index in [0.29, 0.717) is 0 Å². The molecular formula is C15H19ClN2S. The molecular weight excluding hydrogens is 276 g/mol. The van der Waals surface area contributed by atoms with Gasteiger partial charge in [0.25, 0.3) is 0 Å². The number of hydrogen-bond donors (Lipinski definition) is 1. The number of anilines is 2. The Balaban J connectivity index is 2.13. The van der Waals surface area contributed by atoms with Crippen LogP contribution in [0.15, 0.2) is 30.3 Å². The lowest BCUT2D eigenvalue weighted by Crippen LogP contribution is -2.12. The van der Waals surface area contributed by atoms with Gasteiger partial charge in [-0.25, -0.2) is 0 Å². The molecule has 1 aromatic carbocycles. The van der Waals surface area contributed by atoms with Crippen molar-refractivity contribution < 1.29 is 0 Å². The smallest absolute Gasteiger partial charge is 0.0786 e. The summed E-state index contributed by atoms with van der Waals surface area (Å²) in [5.41, 5.74) is 2.11. The number of hydrogen-bond acceptors (Lipinski definition) is 3. The fourth-order valence-electron chi connectivity index (χ4n) is 2.00. The summed E-state index contributed by atoms with van der Waals surface area (Å²) >= 11 is 8.12. The third-order valence-electron chi connectivity index (χ3n) is 2.95. The zero-order valence-electron chi connectivity index (χ0n) is 11.5. The highest BCUT2D eigenvalue weighted by molar-refractivity contribution is 7.12. The van der Waals surface area contributed by atoms with Crippen LogP contribution < -0.4 is 10.2 Å². The molecule has 0 aliphatic heterocycles. The highest BCUT2D eigenvalue weighted by Gasteiger charge is 2.09. The van der Waals surface area contributed by atoms with Gasteiger partial charge in [0.2, 0.25) is 0 Å². The molecule has 1 heterocycles. The molecule has 2 rings (SSSR count). The van der Waals surface area contributed by atoms with E-state index >= 15 is 0 Å². The topological polar surface area (TPSA) is 15.3 Å². The van der Waals surface area contributed by atoms with E-state index in [1.807, 2.05) is 42.5 Å². The average Bonchev–Trinajstić information content (AvgIpc) is 2.83. The Morgan fingerprint density at radius 2 is 1.89 bits per heavy atom. The van der Waals surface area contributed by atoms with Gasteiger partial charge in [-0.05, 0) is 30.7 Å². The standard InChI is InChI=1S/C15H19ClN2S/c1-4-11-8-9-12(19-11)10-17-14-7-5-6-13(16)15(14)18(2)3/h5-9,17H,4,10H2,1-3H3. The van der Waals surface area contributed by atoms with Crippen LogP contribution in [0.3, 0.4) is 0 Å².